The number of rotatable bonds is 5. The molecule has 2 heterocycles. The first-order chi connectivity index (χ1) is 13.2. The lowest BCUT2D eigenvalue weighted by Crippen LogP contribution is -2.55. The third kappa shape index (κ3) is 5.18. The van der Waals surface area contributed by atoms with E-state index in [1.54, 1.807) is 0 Å². The van der Waals surface area contributed by atoms with Gasteiger partial charge in [-0.05, 0) is 38.6 Å². The summed E-state index contributed by atoms with van der Waals surface area (Å²) in [4.78, 5) is 19.0. The summed E-state index contributed by atoms with van der Waals surface area (Å²) in [5.74, 6) is -0.727. The van der Waals surface area contributed by atoms with Gasteiger partial charge in [0.15, 0.2) is 0 Å². The summed E-state index contributed by atoms with van der Waals surface area (Å²) in [7, 11) is 2.03. The lowest BCUT2D eigenvalue weighted by atomic mass is 9.99. The summed E-state index contributed by atoms with van der Waals surface area (Å²) < 4.78 is 19.1. The predicted octanol–water partition coefficient (Wildman–Crippen LogP) is -0.0788. The number of piperidine rings is 1. The minimum Gasteiger partial charge on any atom is -0.416 e. The number of carbonyl (C=O) groups excluding carboxylic acids is 1. The molecule has 0 saturated carbocycles. The molecule has 28 heavy (non-hydrogen) atoms. The van der Waals surface area contributed by atoms with Crippen molar-refractivity contribution in [3.8, 4) is 5.75 Å². The predicted molar refractivity (Wildman–Crippen MR) is 98.5 cm³/mol. The normalized spacial score (nSPS) is 22.3. The van der Waals surface area contributed by atoms with Crippen molar-refractivity contribution >= 4 is 5.91 Å². The molecule has 0 bridgehead atoms. The van der Waals surface area contributed by atoms with E-state index in [2.05, 4.69) is 9.64 Å². The standard InChI is InChI=1S/C19H28FN3O5/c1-21-9-11-22(12-10-21)18(24)16-6-2-3-8-23(16)13-14-15(20)5-4-7-17(14)28-19(25,26)27/h4-5,7,16,25-27H,2-3,6,8-13H2,1H3. The first-order valence-electron chi connectivity index (χ1n) is 9.59. The maximum absolute atomic E-state index is 14.5. The van der Waals surface area contributed by atoms with Crippen molar-refractivity contribution in [2.24, 2.45) is 0 Å². The second-order valence-corrected chi connectivity index (χ2v) is 7.50. The summed E-state index contributed by atoms with van der Waals surface area (Å²) in [5, 5.41) is 27.3. The number of hydrogen-bond donors (Lipinski definition) is 3. The molecular formula is C19H28FN3O5. The molecule has 0 aromatic heterocycles. The number of carbonyl (C=O) groups is 1. The van der Waals surface area contributed by atoms with E-state index in [4.69, 9.17) is 15.3 Å². The highest BCUT2D eigenvalue weighted by atomic mass is 19.1. The van der Waals surface area contributed by atoms with Crippen LogP contribution in [-0.4, -0.2) is 87.9 Å². The molecule has 0 radical (unpaired) electrons. The first kappa shape index (κ1) is 20.9. The van der Waals surface area contributed by atoms with Crippen LogP contribution in [0.1, 0.15) is 24.8 Å². The van der Waals surface area contributed by atoms with E-state index in [9.17, 15) is 9.18 Å². The van der Waals surface area contributed by atoms with Crippen molar-refractivity contribution in [3.05, 3.63) is 29.6 Å². The fourth-order valence-electron chi connectivity index (χ4n) is 3.84. The molecule has 1 atom stereocenters. The zero-order chi connectivity index (χ0) is 20.3. The van der Waals surface area contributed by atoms with Gasteiger partial charge in [0.2, 0.25) is 5.91 Å². The third-order valence-corrected chi connectivity index (χ3v) is 5.40. The Bertz CT molecular complexity index is 689. The molecule has 8 nitrogen and oxygen atoms in total. The number of likely N-dealkylation sites (tertiary alicyclic amines) is 1. The Balaban J connectivity index is 1.77. The molecule has 1 amide bonds. The van der Waals surface area contributed by atoms with Gasteiger partial charge in [0.1, 0.15) is 11.6 Å². The Morgan fingerprint density at radius 3 is 2.57 bits per heavy atom. The average Bonchev–Trinajstić information content (AvgIpc) is 2.64. The van der Waals surface area contributed by atoms with Gasteiger partial charge in [-0.1, -0.05) is 12.5 Å². The molecule has 9 heteroatoms. The van der Waals surface area contributed by atoms with Gasteiger partial charge in [0.05, 0.1) is 6.04 Å². The molecule has 3 N–H and O–H groups in total. The third-order valence-electron chi connectivity index (χ3n) is 5.40. The van der Waals surface area contributed by atoms with Crippen LogP contribution in [0.2, 0.25) is 0 Å². The van der Waals surface area contributed by atoms with E-state index < -0.39 is 12.0 Å². The molecule has 1 unspecified atom stereocenters. The van der Waals surface area contributed by atoms with Crippen LogP contribution >= 0.6 is 0 Å². The van der Waals surface area contributed by atoms with Gasteiger partial charge in [-0.2, -0.15) is 0 Å². The number of halogens is 1. The van der Waals surface area contributed by atoms with Crippen molar-refractivity contribution in [3.63, 3.8) is 0 Å². The van der Waals surface area contributed by atoms with Crippen LogP contribution in [0.15, 0.2) is 18.2 Å². The van der Waals surface area contributed by atoms with Gasteiger partial charge in [-0.25, -0.2) is 4.39 Å². The number of piperazine rings is 1. The van der Waals surface area contributed by atoms with E-state index >= 15 is 0 Å². The minimum atomic E-state index is -3.40. The molecule has 2 saturated heterocycles. The van der Waals surface area contributed by atoms with Crippen LogP contribution in [-0.2, 0) is 11.3 Å². The van der Waals surface area contributed by atoms with E-state index in [0.29, 0.717) is 26.1 Å². The fourth-order valence-corrected chi connectivity index (χ4v) is 3.84. The molecule has 2 fully saturated rings. The molecule has 1 aromatic carbocycles. The Hall–Kier alpha value is -1.78. The number of hydrogen-bond acceptors (Lipinski definition) is 7. The molecule has 2 aliphatic rings. The number of nitrogens with zero attached hydrogens (tertiary/aromatic N) is 3. The Kier molecular flexibility index (Phi) is 6.51. The Morgan fingerprint density at radius 2 is 1.89 bits per heavy atom. The number of aliphatic hydroxyl groups is 3. The highest BCUT2D eigenvalue weighted by Gasteiger charge is 2.34. The summed E-state index contributed by atoms with van der Waals surface area (Å²) in [5.41, 5.74) is 0.0714. The summed E-state index contributed by atoms with van der Waals surface area (Å²) >= 11 is 0. The van der Waals surface area contributed by atoms with Crippen LogP contribution in [0.25, 0.3) is 0 Å². The summed E-state index contributed by atoms with van der Waals surface area (Å²) in [6.45, 7) is 3.71. The quantitative estimate of drug-likeness (QED) is 0.598. The van der Waals surface area contributed by atoms with E-state index in [1.807, 2.05) is 16.8 Å². The topological polar surface area (TPSA) is 96.7 Å². The molecular weight excluding hydrogens is 369 g/mol. The van der Waals surface area contributed by atoms with Crippen molar-refractivity contribution in [1.82, 2.24) is 14.7 Å². The second kappa shape index (κ2) is 8.71. The lowest BCUT2D eigenvalue weighted by Gasteiger charge is -2.40. The lowest BCUT2D eigenvalue weighted by molar-refractivity contribution is -0.419. The smallest absolute Gasteiger partial charge is 0.416 e. The Labute approximate surface area is 163 Å². The van der Waals surface area contributed by atoms with Crippen molar-refractivity contribution in [1.29, 1.82) is 0 Å². The number of ether oxygens (including phenoxy) is 1. The summed E-state index contributed by atoms with van der Waals surface area (Å²) in [6.07, 6.45) is -0.894. The molecule has 3 rings (SSSR count). The van der Waals surface area contributed by atoms with Crippen LogP contribution in [0.4, 0.5) is 4.39 Å². The largest absolute Gasteiger partial charge is 0.453 e. The minimum absolute atomic E-state index is 0.0485. The SMILES string of the molecule is CN1CCN(C(=O)C2CCCCN2Cc2c(F)cccc2OC(O)(O)O)CC1. The van der Waals surface area contributed by atoms with Gasteiger partial charge >= 0.3 is 6.16 Å². The van der Waals surface area contributed by atoms with Crippen LogP contribution in [0.5, 0.6) is 5.75 Å². The maximum Gasteiger partial charge on any atom is 0.453 e. The van der Waals surface area contributed by atoms with Gasteiger partial charge < -0.3 is 29.9 Å². The monoisotopic (exact) mass is 397 g/mol. The van der Waals surface area contributed by atoms with E-state index in [0.717, 1.165) is 25.9 Å². The highest BCUT2D eigenvalue weighted by Crippen LogP contribution is 2.29. The van der Waals surface area contributed by atoms with Crippen molar-refractivity contribution in [2.45, 2.75) is 38.0 Å². The number of benzene rings is 1. The van der Waals surface area contributed by atoms with E-state index in [1.165, 1.54) is 18.2 Å². The summed E-state index contributed by atoms with van der Waals surface area (Å²) in [6, 6.07) is 3.57. The zero-order valence-corrected chi connectivity index (χ0v) is 16.1. The molecule has 1 aromatic rings. The fraction of sp³-hybridized carbons (Fsp3) is 0.632. The molecule has 156 valence electrons. The first-order valence-corrected chi connectivity index (χ1v) is 9.59. The molecule has 2 aliphatic heterocycles. The molecule has 0 spiro atoms. The van der Waals surface area contributed by atoms with Crippen LogP contribution in [0, 0.1) is 5.82 Å². The number of likely N-dealkylation sites (N-methyl/N-ethyl adjacent to an activating group) is 1. The average molecular weight is 397 g/mol. The second-order valence-electron chi connectivity index (χ2n) is 7.50. The van der Waals surface area contributed by atoms with Crippen molar-refractivity contribution in [2.75, 3.05) is 39.8 Å². The van der Waals surface area contributed by atoms with E-state index in [-0.39, 0.29) is 29.8 Å². The highest BCUT2D eigenvalue weighted by molar-refractivity contribution is 5.82. The van der Waals surface area contributed by atoms with Gasteiger partial charge in [0, 0.05) is 38.3 Å². The number of amides is 1. The molecule has 0 aliphatic carbocycles. The van der Waals surface area contributed by atoms with Crippen LogP contribution in [0.3, 0.4) is 0 Å². The van der Waals surface area contributed by atoms with Gasteiger partial charge in [-0.15, -0.1) is 0 Å². The Morgan fingerprint density at radius 1 is 1.18 bits per heavy atom. The zero-order valence-electron chi connectivity index (χ0n) is 16.1. The van der Waals surface area contributed by atoms with Crippen molar-refractivity contribution < 1.29 is 29.2 Å². The van der Waals surface area contributed by atoms with Gasteiger partial charge in [-0.3, -0.25) is 9.69 Å². The van der Waals surface area contributed by atoms with Gasteiger partial charge in [0.25, 0.3) is 0 Å². The van der Waals surface area contributed by atoms with Crippen LogP contribution < -0.4 is 4.74 Å². The maximum atomic E-state index is 14.5.